The normalized spacial score (nSPS) is 18.7. The number of hydrogen-bond acceptors (Lipinski definition) is 4. The summed E-state index contributed by atoms with van der Waals surface area (Å²) in [5, 5.41) is 2.61. The van der Waals surface area contributed by atoms with Crippen LogP contribution in [0.25, 0.3) is 0 Å². The first-order chi connectivity index (χ1) is 10.7. The Balaban J connectivity index is 0.00000211. The van der Waals surface area contributed by atoms with E-state index in [2.05, 4.69) is 21.4 Å². The lowest BCUT2D eigenvalue weighted by Crippen LogP contribution is -2.22. The summed E-state index contributed by atoms with van der Waals surface area (Å²) in [6.07, 6.45) is 12.6. The fourth-order valence-electron chi connectivity index (χ4n) is 1.77. The van der Waals surface area contributed by atoms with Crippen molar-refractivity contribution in [2.24, 2.45) is 9.98 Å². The molecule has 0 saturated heterocycles. The summed E-state index contributed by atoms with van der Waals surface area (Å²) < 4.78 is 0. The van der Waals surface area contributed by atoms with E-state index in [0.29, 0.717) is 12.2 Å². The largest absolute Gasteiger partial charge is 0.313 e. The average Bonchev–Trinajstić information content (AvgIpc) is 2.59. The lowest BCUT2D eigenvalue weighted by molar-refractivity contribution is -0.108. The average molecular weight is 319 g/mol. The quantitative estimate of drug-likeness (QED) is 0.489. The highest BCUT2D eigenvalue weighted by molar-refractivity contribution is 8.03. The minimum atomic E-state index is 0.568. The number of nitrogens with one attached hydrogen (secondary N) is 1. The van der Waals surface area contributed by atoms with Crippen LogP contribution in [-0.2, 0) is 4.79 Å². The van der Waals surface area contributed by atoms with E-state index in [1.807, 2.05) is 51.3 Å². The Morgan fingerprint density at radius 3 is 2.41 bits per heavy atom. The van der Waals surface area contributed by atoms with Crippen LogP contribution in [0.2, 0.25) is 0 Å². The Hall–Kier alpha value is -1.88. The van der Waals surface area contributed by atoms with Crippen LogP contribution in [0, 0.1) is 0 Å². The van der Waals surface area contributed by atoms with Gasteiger partial charge in [0.2, 0.25) is 6.41 Å². The molecule has 0 spiro atoms. The second kappa shape index (κ2) is 11.7. The van der Waals surface area contributed by atoms with Gasteiger partial charge in [0.25, 0.3) is 0 Å². The van der Waals surface area contributed by atoms with Crippen LogP contribution in [0.3, 0.4) is 0 Å². The van der Waals surface area contributed by atoms with Gasteiger partial charge in [-0.25, -0.2) is 0 Å². The van der Waals surface area contributed by atoms with E-state index in [1.165, 1.54) is 11.8 Å². The summed E-state index contributed by atoms with van der Waals surface area (Å²) in [6.45, 7) is 5.99. The van der Waals surface area contributed by atoms with Crippen molar-refractivity contribution in [2.75, 3.05) is 20.4 Å². The van der Waals surface area contributed by atoms with Gasteiger partial charge in [0.1, 0.15) is 5.84 Å². The van der Waals surface area contributed by atoms with Crippen molar-refractivity contribution >= 4 is 29.7 Å². The van der Waals surface area contributed by atoms with Gasteiger partial charge in [-0.1, -0.05) is 26.0 Å². The molecule has 0 aromatic heterocycles. The van der Waals surface area contributed by atoms with Crippen molar-refractivity contribution < 1.29 is 4.79 Å². The molecule has 0 fully saturated rings. The van der Waals surface area contributed by atoms with Crippen molar-refractivity contribution in [1.82, 2.24) is 5.32 Å². The zero-order valence-corrected chi connectivity index (χ0v) is 15.0. The lowest BCUT2D eigenvalue weighted by atomic mass is 9.99. The SMILES string of the molecule is C/C=C1C=C(/C=C(\SC)C(=NC)NC=O)C=CC/1=NC.CC. The zero-order valence-electron chi connectivity index (χ0n) is 14.2. The second-order valence-corrected chi connectivity index (χ2v) is 4.73. The van der Waals surface area contributed by atoms with Gasteiger partial charge >= 0.3 is 0 Å². The molecule has 1 N–H and O–H groups in total. The number of carbonyl (C=O) groups excluding carboxylic acids is 1. The Labute approximate surface area is 137 Å². The molecule has 22 heavy (non-hydrogen) atoms. The Kier molecular flexibility index (Phi) is 10.7. The number of nitrogens with zero attached hydrogens (tertiary/aromatic N) is 2. The van der Waals surface area contributed by atoms with Crippen molar-refractivity contribution in [2.45, 2.75) is 20.8 Å². The lowest BCUT2D eigenvalue weighted by Gasteiger charge is -2.11. The molecule has 1 aliphatic carbocycles. The molecular formula is C17H25N3OS. The molecular weight excluding hydrogens is 294 g/mol. The first kappa shape index (κ1) is 20.1. The molecule has 0 aromatic rings. The molecule has 0 bridgehead atoms. The van der Waals surface area contributed by atoms with Crippen molar-refractivity contribution in [1.29, 1.82) is 0 Å². The predicted molar refractivity (Wildman–Crippen MR) is 99.8 cm³/mol. The summed E-state index contributed by atoms with van der Waals surface area (Å²) in [5.74, 6) is 0.568. The molecule has 0 atom stereocenters. The summed E-state index contributed by atoms with van der Waals surface area (Å²) in [5.41, 5.74) is 3.09. The fraction of sp³-hybridized carbons (Fsp3) is 0.353. The third-order valence-corrected chi connectivity index (χ3v) is 3.52. The maximum absolute atomic E-state index is 10.6. The van der Waals surface area contributed by atoms with E-state index < -0.39 is 0 Å². The smallest absolute Gasteiger partial charge is 0.212 e. The van der Waals surface area contributed by atoms with Crippen molar-refractivity contribution in [3.63, 3.8) is 0 Å². The number of hydrogen-bond donors (Lipinski definition) is 1. The highest BCUT2D eigenvalue weighted by Crippen LogP contribution is 2.20. The minimum absolute atomic E-state index is 0.568. The number of allylic oxidation sites excluding steroid dienone is 7. The van der Waals surface area contributed by atoms with E-state index in [1.54, 1.807) is 14.1 Å². The second-order valence-electron chi connectivity index (χ2n) is 3.88. The molecule has 0 aromatic carbocycles. The van der Waals surface area contributed by atoms with Gasteiger partial charge < -0.3 is 5.32 Å². The van der Waals surface area contributed by atoms with Gasteiger partial charge in [-0.2, -0.15) is 0 Å². The Morgan fingerprint density at radius 1 is 1.27 bits per heavy atom. The van der Waals surface area contributed by atoms with Crippen LogP contribution in [0.1, 0.15) is 20.8 Å². The Bertz CT molecular complexity index is 552. The highest BCUT2D eigenvalue weighted by atomic mass is 32.2. The zero-order chi connectivity index (χ0) is 17.0. The van der Waals surface area contributed by atoms with Gasteiger partial charge in [0.05, 0.1) is 10.6 Å². The number of amidine groups is 1. The summed E-state index contributed by atoms with van der Waals surface area (Å²) in [4.78, 5) is 19.8. The molecule has 4 nitrogen and oxygen atoms in total. The minimum Gasteiger partial charge on any atom is -0.313 e. The summed E-state index contributed by atoms with van der Waals surface area (Å²) in [7, 11) is 3.43. The van der Waals surface area contributed by atoms with E-state index in [4.69, 9.17) is 0 Å². The van der Waals surface area contributed by atoms with E-state index in [9.17, 15) is 4.79 Å². The van der Waals surface area contributed by atoms with Crippen LogP contribution in [-0.4, -0.2) is 38.3 Å². The summed E-state index contributed by atoms with van der Waals surface area (Å²) >= 11 is 1.54. The molecule has 0 heterocycles. The van der Waals surface area contributed by atoms with E-state index in [0.717, 1.165) is 21.8 Å². The summed E-state index contributed by atoms with van der Waals surface area (Å²) in [6, 6.07) is 0. The standard InChI is InChI=1S/C15H19N3OS.C2H6/c1-5-12-8-11(6-7-13(12)16-2)9-14(20-4)15(17-3)18-10-19;1-2/h5-10H,1-4H3,(H,17,18,19);1-2H3/b12-5-,14-9-,16-13?;. The Morgan fingerprint density at radius 2 is 1.95 bits per heavy atom. The van der Waals surface area contributed by atoms with Crippen LogP contribution in [0.5, 0.6) is 0 Å². The molecule has 0 radical (unpaired) electrons. The van der Waals surface area contributed by atoms with Gasteiger partial charge in [-0.15, -0.1) is 11.8 Å². The first-order valence-electron chi connectivity index (χ1n) is 7.16. The maximum Gasteiger partial charge on any atom is 0.212 e. The van der Waals surface area contributed by atoms with Crippen LogP contribution in [0.15, 0.2) is 56.4 Å². The third kappa shape index (κ3) is 5.85. The van der Waals surface area contributed by atoms with Gasteiger partial charge in [-0.05, 0) is 42.6 Å². The third-order valence-electron chi connectivity index (χ3n) is 2.77. The van der Waals surface area contributed by atoms with Gasteiger partial charge in [0, 0.05) is 14.1 Å². The first-order valence-corrected chi connectivity index (χ1v) is 8.38. The molecule has 0 unspecified atom stereocenters. The predicted octanol–water partition coefficient (Wildman–Crippen LogP) is 3.55. The number of thioether (sulfide) groups is 1. The number of carbonyl (C=O) groups is 1. The monoisotopic (exact) mass is 319 g/mol. The molecule has 1 aliphatic rings. The molecule has 120 valence electrons. The molecule has 1 rings (SSSR count). The van der Waals surface area contributed by atoms with Crippen molar-refractivity contribution in [3.05, 3.63) is 46.4 Å². The molecule has 1 amide bonds. The number of amides is 1. The highest BCUT2D eigenvalue weighted by Gasteiger charge is 2.09. The van der Waals surface area contributed by atoms with Gasteiger partial charge in [0.15, 0.2) is 0 Å². The number of rotatable bonds is 4. The van der Waals surface area contributed by atoms with Crippen molar-refractivity contribution in [3.8, 4) is 0 Å². The fourth-order valence-corrected chi connectivity index (χ4v) is 2.37. The topological polar surface area (TPSA) is 53.8 Å². The van der Waals surface area contributed by atoms with Crippen LogP contribution < -0.4 is 5.32 Å². The number of aliphatic imine (C=N–C) groups is 2. The van der Waals surface area contributed by atoms with Crippen LogP contribution in [0.4, 0.5) is 0 Å². The molecule has 0 saturated carbocycles. The van der Waals surface area contributed by atoms with E-state index in [-0.39, 0.29) is 0 Å². The maximum atomic E-state index is 10.6. The van der Waals surface area contributed by atoms with Gasteiger partial charge in [-0.3, -0.25) is 14.8 Å². The molecule has 5 heteroatoms. The van der Waals surface area contributed by atoms with E-state index >= 15 is 0 Å². The molecule has 0 aliphatic heterocycles. The van der Waals surface area contributed by atoms with Crippen LogP contribution >= 0.6 is 11.8 Å².